The molecule has 9 nitrogen and oxygen atoms in total. The number of anilines is 2. The highest BCUT2D eigenvalue weighted by Gasteiger charge is 2.25. The number of amides is 4. The van der Waals surface area contributed by atoms with Crippen molar-refractivity contribution >= 4 is 29.2 Å². The molecule has 11 heteroatoms. The molecule has 1 fully saturated rings. The van der Waals surface area contributed by atoms with Gasteiger partial charge in [-0.3, -0.25) is 19.9 Å². The quantitative estimate of drug-likeness (QED) is 0.360. The SMILES string of the molecule is N[C@H]1CC[C@H](C(=O)Nc2cnccc2Oc2ccc(NC(=O)NC(=O)Cc3ccc(F)cc3)cc2F)CC1. The third-order valence-electron chi connectivity index (χ3n) is 6.12. The summed E-state index contributed by atoms with van der Waals surface area (Å²) in [5, 5.41) is 7.31. The monoisotopic (exact) mass is 523 g/mol. The Hall–Kier alpha value is -4.38. The smallest absolute Gasteiger partial charge is 0.325 e. The first kappa shape index (κ1) is 26.7. The number of halogens is 2. The highest BCUT2D eigenvalue weighted by atomic mass is 19.1. The number of hydrogen-bond acceptors (Lipinski definition) is 6. The van der Waals surface area contributed by atoms with Crippen LogP contribution >= 0.6 is 0 Å². The van der Waals surface area contributed by atoms with Gasteiger partial charge in [-0.2, -0.15) is 0 Å². The van der Waals surface area contributed by atoms with Gasteiger partial charge in [0.1, 0.15) is 11.5 Å². The molecule has 2 aromatic carbocycles. The minimum Gasteiger partial charge on any atom is -0.452 e. The van der Waals surface area contributed by atoms with Crippen molar-refractivity contribution in [2.45, 2.75) is 38.1 Å². The predicted octanol–water partition coefficient (Wildman–Crippen LogP) is 4.50. The van der Waals surface area contributed by atoms with E-state index in [0.29, 0.717) is 24.1 Å². The Labute approximate surface area is 217 Å². The Morgan fingerprint density at radius 3 is 2.39 bits per heavy atom. The van der Waals surface area contributed by atoms with E-state index in [-0.39, 0.29) is 41.5 Å². The van der Waals surface area contributed by atoms with Gasteiger partial charge < -0.3 is 21.1 Å². The number of carbonyl (C=O) groups is 3. The number of carbonyl (C=O) groups excluding carboxylic acids is 3. The summed E-state index contributed by atoms with van der Waals surface area (Å²) in [5.41, 5.74) is 6.83. The summed E-state index contributed by atoms with van der Waals surface area (Å²) in [7, 11) is 0. The lowest BCUT2D eigenvalue weighted by Crippen LogP contribution is -2.35. The van der Waals surface area contributed by atoms with E-state index in [2.05, 4.69) is 20.9 Å². The van der Waals surface area contributed by atoms with Crippen LogP contribution in [0.15, 0.2) is 60.9 Å². The van der Waals surface area contributed by atoms with Crippen LogP contribution in [0.4, 0.5) is 25.0 Å². The third-order valence-corrected chi connectivity index (χ3v) is 6.12. The Bertz CT molecular complexity index is 1310. The molecule has 1 aromatic heterocycles. The molecule has 38 heavy (non-hydrogen) atoms. The molecule has 0 radical (unpaired) electrons. The first-order valence-electron chi connectivity index (χ1n) is 12.1. The first-order chi connectivity index (χ1) is 18.3. The number of benzene rings is 2. The molecule has 3 aromatic rings. The van der Waals surface area contributed by atoms with Crippen LogP contribution in [0.3, 0.4) is 0 Å². The van der Waals surface area contributed by atoms with Crippen LogP contribution in [0.5, 0.6) is 11.5 Å². The minimum atomic E-state index is -0.854. The molecule has 0 aliphatic heterocycles. The molecule has 1 aliphatic carbocycles. The van der Waals surface area contributed by atoms with Crippen molar-refractivity contribution in [1.82, 2.24) is 10.3 Å². The molecule has 1 heterocycles. The zero-order chi connectivity index (χ0) is 27.1. The van der Waals surface area contributed by atoms with Gasteiger partial charge in [0.25, 0.3) is 0 Å². The molecule has 4 amide bonds. The van der Waals surface area contributed by atoms with Crippen LogP contribution in [-0.2, 0) is 16.0 Å². The zero-order valence-electron chi connectivity index (χ0n) is 20.4. The number of aromatic nitrogens is 1. The average molecular weight is 524 g/mol. The Kier molecular flexibility index (Phi) is 8.59. The number of nitrogens with zero attached hydrogens (tertiary/aromatic N) is 1. The van der Waals surface area contributed by atoms with Crippen LogP contribution in [0.2, 0.25) is 0 Å². The summed E-state index contributed by atoms with van der Waals surface area (Å²) in [6.07, 6.45) is 5.68. The zero-order valence-corrected chi connectivity index (χ0v) is 20.4. The molecular weight excluding hydrogens is 496 g/mol. The maximum atomic E-state index is 14.8. The van der Waals surface area contributed by atoms with Gasteiger partial charge >= 0.3 is 6.03 Å². The number of rotatable bonds is 7. The number of pyridine rings is 1. The Balaban J connectivity index is 1.34. The number of urea groups is 1. The lowest BCUT2D eigenvalue weighted by atomic mass is 9.86. The van der Waals surface area contributed by atoms with E-state index in [9.17, 15) is 23.2 Å². The molecule has 4 rings (SSSR count). The van der Waals surface area contributed by atoms with E-state index in [1.165, 1.54) is 54.9 Å². The fraction of sp³-hybridized carbons (Fsp3) is 0.259. The van der Waals surface area contributed by atoms with E-state index in [1.54, 1.807) is 0 Å². The van der Waals surface area contributed by atoms with Gasteiger partial charge in [0, 0.05) is 36.0 Å². The lowest BCUT2D eigenvalue weighted by Gasteiger charge is -2.25. The summed E-state index contributed by atoms with van der Waals surface area (Å²) in [5.74, 6) is -2.11. The summed E-state index contributed by atoms with van der Waals surface area (Å²) in [6, 6.07) is 9.79. The maximum Gasteiger partial charge on any atom is 0.325 e. The third kappa shape index (κ3) is 7.32. The number of imide groups is 1. The molecule has 0 spiro atoms. The lowest BCUT2D eigenvalue weighted by molar-refractivity contribution is -0.121. The van der Waals surface area contributed by atoms with Crippen LogP contribution in [0.25, 0.3) is 0 Å². The first-order valence-corrected chi connectivity index (χ1v) is 12.1. The van der Waals surface area contributed by atoms with Gasteiger partial charge in [0.15, 0.2) is 17.3 Å². The van der Waals surface area contributed by atoms with Crippen molar-refractivity contribution in [2.24, 2.45) is 11.7 Å². The average Bonchev–Trinajstić information content (AvgIpc) is 2.88. The van der Waals surface area contributed by atoms with Crippen LogP contribution in [0, 0.1) is 17.6 Å². The number of nitrogens with two attached hydrogens (primary N) is 1. The molecule has 1 saturated carbocycles. The minimum absolute atomic E-state index is 0.0840. The Morgan fingerprint density at radius 1 is 0.947 bits per heavy atom. The summed E-state index contributed by atoms with van der Waals surface area (Å²) in [4.78, 5) is 40.9. The van der Waals surface area contributed by atoms with Gasteiger partial charge in [-0.05, 0) is 55.5 Å². The standard InChI is InChI=1S/C27H27F2N5O4/c28-18-5-1-16(2-6-18)13-25(35)34-27(37)32-20-9-10-23(21(29)14-20)38-24-11-12-31-15-22(24)33-26(36)17-3-7-19(30)8-4-17/h1-2,5-6,9-12,14-15,17,19H,3-4,7-8,13,30H2,(H,33,36)(H2,32,34,35,37)/t17-,19-. The largest absolute Gasteiger partial charge is 0.452 e. The molecule has 198 valence electrons. The van der Waals surface area contributed by atoms with Gasteiger partial charge in [-0.15, -0.1) is 0 Å². The van der Waals surface area contributed by atoms with Crippen LogP contribution < -0.4 is 26.4 Å². The van der Waals surface area contributed by atoms with Crippen LogP contribution in [-0.4, -0.2) is 28.9 Å². The number of ether oxygens (including phenoxy) is 1. The van der Waals surface area contributed by atoms with Gasteiger partial charge in [0.2, 0.25) is 11.8 Å². The highest BCUT2D eigenvalue weighted by Crippen LogP contribution is 2.32. The molecular formula is C27H27F2N5O4. The fourth-order valence-electron chi connectivity index (χ4n) is 4.08. The van der Waals surface area contributed by atoms with Gasteiger partial charge in [-0.1, -0.05) is 12.1 Å². The second-order valence-electron chi connectivity index (χ2n) is 9.03. The number of nitrogens with one attached hydrogen (secondary N) is 3. The van der Waals surface area contributed by atoms with E-state index >= 15 is 0 Å². The summed E-state index contributed by atoms with van der Waals surface area (Å²) in [6.45, 7) is 0. The topological polar surface area (TPSA) is 135 Å². The fourth-order valence-corrected chi connectivity index (χ4v) is 4.08. The second-order valence-corrected chi connectivity index (χ2v) is 9.03. The van der Waals surface area contributed by atoms with Crippen molar-refractivity contribution in [3.05, 3.63) is 78.1 Å². The summed E-state index contributed by atoms with van der Waals surface area (Å²) >= 11 is 0. The molecule has 0 unspecified atom stereocenters. The van der Waals surface area contributed by atoms with Gasteiger partial charge in [-0.25, -0.2) is 13.6 Å². The number of hydrogen-bond donors (Lipinski definition) is 4. The molecule has 0 bridgehead atoms. The van der Waals surface area contributed by atoms with Crippen LogP contribution in [0.1, 0.15) is 31.2 Å². The normalized spacial score (nSPS) is 16.8. The van der Waals surface area contributed by atoms with Gasteiger partial charge in [0.05, 0.1) is 12.6 Å². The van der Waals surface area contributed by atoms with Crippen molar-refractivity contribution in [1.29, 1.82) is 0 Å². The van der Waals surface area contributed by atoms with E-state index in [4.69, 9.17) is 10.5 Å². The molecule has 0 saturated heterocycles. The molecule has 1 aliphatic rings. The molecule has 5 N–H and O–H groups in total. The van der Waals surface area contributed by atoms with Crippen molar-refractivity contribution in [2.75, 3.05) is 10.6 Å². The van der Waals surface area contributed by atoms with E-state index in [0.717, 1.165) is 18.9 Å². The van der Waals surface area contributed by atoms with E-state index in [1.807, 2.05) is 0 Å². The second kappa shape index (κ2) is 12.2. The molecule has 0 atom stereocenters. The van der Waals surface area contributed by atoms with E-state index < -0.39 is 23.6 Å². The van der Waals surface area contributed by atoms with Crippen molar-refractivity contribution in [3.8, 4) is 11.5 Å². The van der Waals surface area contributed by atoms with Crippen molar-refractivity contribution in [3.63, 3.8) is 0 Å². The Morgan fingerprint density at radius 2 is 1.68 bits per heavy atom. The van der Waals surface area contributed by atoms with Crippen molar-refractivity contribution < 1.29 is 27.9 Å². The summed E-state index contributed by atoms with van der Waals surface area (Å²) < 4.78 is 33.5. The predicted molar refractivity (Wildman–Crippen MR) is 137 cm³/mol. The highest BCUT2D eigenvalue weighted by molar-refractivity contribution is 6.01. The maximum absolute atomic E-state index is 14.8.